The fourth-order valence-corrected chi connectivity index (χ4v) is 8.95. The monoisotopic (exact) mass is 635 g/mol. The highest BCUT2D eigenvalue weighted by Gasteiger charge is 2.69. The number of rotatable bonds is 9. The van der Waals surface area contributed by atoms with Crippen molar-refractivity contribution in [3.63, 3.8) is 0 Å². The molecule has 9 rings (SSSR count). The number of fused-ring (bicyclic) bond motifs is 3. The van der Waals surface area contributed by atoms with Gasteiger partial charge in [0, 0.05) is 41.2 Å². The molecule has 2 heterocycles. The third kappa shape index (κ3) is 5.66. The van der Waals surface area contributed by atoms with E-state index in [2.05, 4.69) is 35.6 Å². The van der Waals surface area contributed by atoms with Crippen LogP contribution in [0.25, 0.3) is 11.1 Å². The second kappa shape index (κ2) is 10.1. The molecular weight excluding hydrogens is 593 g/mol. The van der Waals surface area contributed by atoms with Gasteiger partial charge in [-0.1, -0.05) is 38.1 Å². The average molecular weight is 636 g/mol. The molecule has 6 aliphatic carbocycles. The summed E-state index contributed by atoms with van der Waals surface area (Å²) in [5.41, 5.74) is 1.36. The lowest BCUT2D eigenvalue weighted by Crippen LogP contribution is -2.65. The van der Waals surface area contributed by atoms with Crippen molar-refractivity contribution in [1.82, 2.24) is 15.1 Å². The number of amides is 1. The maximum Gasteiger partial charge on any atom is 0.232 e. The molecule has 4 bridgehead atoms. The van der Waals surface area contributed by atoms with Gasteiger partial charge in [0.05, 0.1) is 18.1 Å². The number of carbonyl (C=O) groups is 1. The Morgan fingerprint density at radius 1 is 0.978 bits per heavy atom. The van der Waals surface area contributed by atoms with Gasteiger partial charge in [-0.2, -0.15) is 4.98 Å². The molecule has 0 saturated heterocycles. The molecule has 11 heteroatoms. The van der Waals surface area contributed by atoms with Crippen LogP contribution in [0, 0.1) is 10.8 Å². The quantitative estimate of drug-likeness (QED) is 0.278. The van der Waals surface area contributed by atoms with Crippen molar-refractivity contribution >= 4 is 27.3 Å². The molecule has 0 aliphatic heterocycles. The smallest absolute Gasteiger partial charge is 0.232 e. The molecule has 1 aromatic carbocycles. The summed E-state index contributed by atoms with van der Waals surface area (Å²) in [4.78, 5) is 25.4. The van der Waals surface area contributed by atoms with Crippen LogP contribution in [0.5, 0.6) is 0 Å². The number of hydrogen-bond acceptors (Lipinski definition) is 7. The summed E-state index contributed by atoms with van der Waals surface area (Å²) in [5, 5.41) is 4.44. The number of nitrogens with zero attached hydrogens (tertiary/aromatic N) is 4. The minimum absolute atomic E-state index is 0.0241. The molecule has 0 radical (unpaired) electrons. The lowest BCUT2D eigenvalue weighted by Gasteiger charge is -2.66. The van der Waals surface area contributed by atoms with E-state index in [0.717, 1.165) is 67.4 Å². The van der Waals surface area contributed by atoms with E-state index < -0.39 is 15.7 Å². The van der Waals surface area contributed by atoms with Crippen LogP contribution >= 0.6 is 0 Å². The van der Waals surface area contributed by atoms with E-state index in [4.69, 9.17) is 9.51 Å². The van der Waals surface area contributed by atoms with Crippen LogP contribution in [0.3, 0.4) is 0 Å². The van der Waals surface area contributed by atoms with Crippen LogP contribution in [0.1, 0.15) is 96.7 Å². The van der Waals surface area contributed by atoms with Gasteiger partial charge in [-0.15, -0.1) is 0 Å². The van der Waals surface area contributed by atoms with Gasteiger partial charge in [0.2, 0.25) is 21.8 Å². The Morgan fingerprint density at radius 2 is 1.62 bits per heavy atom. The zero-order chi connectivity index (χ0) is 31.9. The molecule has 0 spiro atoms. The van der Waals surface area contributed by atoms with Gasteiger partial charge < -0.3 is 9.42 Å². The lowest BCUT2D eigenvalue weighted by atomic mass is 9.41. The molecule has 240 valence electrons. The topological polar surface area (TPSA) is 118 Å². The molecule has 6 saturated carbocycles. The van der Waals surface area contributed by atoms with Gasteiger partial charge in [-0.3, -0.25) is 14.5 Å². The Morgan fingerprint density at radius 3 is 2.18 bits per heavy atom. The Hall–Kier alpha value is -3.34. The molecule has 6 aliphatic rings. The molecule has 1 amide bonds. The molecule has 1 N–H and O–H groups in total. The number of alkyl halides is 1. The Balaban J connectivity index is 1.13. The number of hydrogen-bond donors (Lipinski definition) is 1. The zero-order valence-corrected chi connectivity index (χ0v) is 27.3. The summed E-state index contributed by atoms with van der Waals surface area (Å²) in [6.07, 6.45) is 12.2. The number of aromatic nitrogens is 3. The minimum Gasteiger partial charge on any atom is -0.339 e. The van der Waals surface area contributed by atoms with Gasteiger partial charge in [-0.25, -0.2) is 12.8 Å². The molecule has 6 fully saturated rings. The Labute approximate surface area is 264 Å². The average Bonchev–Trinajstić information content (AvgIpc) is 3.48. The van der Waals surface area contributed by atoms with Crippen molar-refractivity contribution in [2.75, 3.05) is 22.4 Å². The molecule has 0 unspecified atom stereocenters. The molecule has 2 aromatic heterocycles. The zero-order valence-electron chi connectivity index (χ0n) is 26.5. The fraction of sp³-hybridized carbons (Fsp3) is 0.588. The van der Waals surface area contributed by atoms with E-state index in [0.29, 0.717) is 43.8 Å². The van der Waals surface area contributed by atoms with Crippen molar-refractivity contribution in [2.24, 2.45) is 10.8 Å². The SMILES string of the molecule is CC(C)(C)c1nc(C23CCC(CN(C(=O)CC45CC(F)(C4)C5)c4cncc(-c5ccc(NS(C)(=O)=O)cc5)c4)(CC2)CC3)no1. The van der Waals surface area contributed by atoms with Crippen LogP contribution in [-0.2, 0) is 25.6 Å². The fourth-order valence-electron chi connectivity index (χ4n) is 8.38. The predicted octanol–water partition coefficient (Wildman–Crippen LogP) is 6.71. The number of benzene rings is 1. The number of anilines is 2. The highest BCUT2D eigenvalue weighted by molar-refractivity contribution is 7.92. The minimum atomic E-state index is -3.38. The standard InChI is InChI=1S/C34H42FN5O4S/c1-30(2,3)29-37-28(38-44-29)33-12-9-31(10-13-33,11-14-33)22-40(27(41)16-32-19-34(35,20-32)21-32)26-15-24(17-36-18-26)23-5-7-25(8-6-23)39-45(4,42)43/h5-8,15,17-18,39H,9-14,16,19-22H2,1-4H3. The second-order valence-electron chi connectivity index (χ2n) is 15.7. The molecular formula is C34H42FN5O4S. The first-order valence-electron chi connectivity index (χ1n) is 16.0. The maximum atomic E-state index is 14.4. The van der Waals surface area contributed by atoms with Crippen LogP contribution in [0.4, 0.5) is 15.8 Å². The molecule has 3 aromatic rings. The van der Waals surface area contributed by atoms with Gasteiger partial charge in [-0.05, 0) is 92.4 Å². The number of sulfonamides is 1. The first-order chi connectivity index (χ1) is 21.1. The van der Waals surface area contributed by atoms with Crippen LogP contribution < -0.4 is 9.62 Å². The molecule has 0 atom stereocenters. The van der Waals surface area contributed by atoms with Crippen LogP contribution in [0.15, 0.2) is 47.2 Å². The highest BCUT2D eigenvalue weighted by atomic mass is 32.2. The van der Waals surface area contributed by atoms with Crippen molar-refractivity contribution in [3.8, 4) is 11.1 Å². The highest BCUT2D eigenvalue weighted by Crippen LogP contribution is 2.71. The van der Waals surface area contributed by atoms with Crippen LogP contribution in [-0.4, -0.2) is 47.9 Å². The summed E-state index contributed by atoms with van der Waals surface area (Å²) >= 11 is 0. The Kier molecular flexibility index (Phi) is 6.79. The van der Waals surface area contributed by atoms with Gasteiger partial charge in [0.25, 0.3) is 0 Å². The molecule has 9 nitrogen and oxygen atoms in total. The predicted molar refractivity (Wildman–Crippen MR) is 170 cm³/mol. The molecule has 45 heavy (non-hydrogen) atoms. The lowest BCUT2D eigenvalue weighted by molar-refractivity contribution is -0.215. The summed E-state index contributed by atoms with van der Waals surface area (Å²) in [6, 6.07) is 9.09. The van der Waals surface area contributed by atoms with E-state index in [1.54, 1.807) is 24.5 Å². The number of halogens is 1. The summed E-state index contributed by atoms with van der Waals surface area (Å²) in [7, 11) is -3.38. The normalized spacial score (nSPS) is 30.3. The third-order valence-electron chi connectivity index (χ3n) is 10.9. The third-order valence-corrected chi connectivity index (χ3v) is 11.5. The summed E-state index contributed by atoms with van der Waals surface area (Å²) < 4.78 is 45.8. The van der Waals surface area contributed by atoms with Crippen LogP contribution in [0.2, 0.25) is 0 Å². The summed E-state index contributed by atoms with van der Waals surface area (Å²) in [6.45, 7) is 6.84. The first-order valence-corrected chi connectivity index (χ1v) is 17.8. The first kappa shape index (κ1) is 30.3. The van der Waals surface area contributed by atoms with E-state index in [9.17, 15) is 17.6 Å². The van der Waals surface area contributed by atoms with Gasteiger partial charge >= 0.3 is 0 Å². The van der Waals surface area contributed by atoms with E-state index in [-0.39, 0.29) is 27.6 Å². The van der Waals surface area contributed by atoms with E-state index >= 15 is 0 Å². The number of carbonyl (C=O) groups excluding carboxylic acids is 1. The second-order valence-corrected chi connectivity index (χ2v) is 17.4. The largest absolute Gasteiger partial charge is 0.339 e. The maximum absolute atomic E-state index is 14.4. The van der Waals surface area contributed by atoms with Gasteiger partial charge in [0.15, 0.2) is 5.82 Å². The van der Waals surface area contributed by atoms with Gasteiger partial charge in [0.1, 0.15) is 5.67 Å². The summed E-state index contributed by atoms with van der Waals surface area (Å²) in [5.74, 6) is 1.53. The van der Waals surface area contributed by atoms with E-state index in [1.165, 1.54) is 0 Å². The Bertz CT molecular complexity index is 1700. The van der Waals surface area contributed by atoms with Crippen molar-refractivity contribution < 1.29 is 22.1 Å². The number of nitrogens with one attached hydrogen (secondary N) is 1. The van der Waals surface area contributed by atoms with E-state index in [1.807, 2.05) is 23.1 Å². The number of pyridine rings is 1. The van der Waals surface area contributed by atoms with Crippen molar-refractivity contribution in [3.05, 3.63) is 54.4 Å². The van der Waals surface area contributed by atoms with Crippen molar-refractivity contribution in [2.45, 2.75) is 101 Å². The van der Waals surface area contributed by atoms with Crippen molar-refractivity contribution in [1.29, 1.82) is 0 Å².